The molecule has 0 fully saturated rings. The van der Waals surface area contributed by atoms with Crippen molar-refractivity contribution in [3.8, 4) is 0 Å². The number of hydrogen-bond acceptors (Lipinski definition) is 5. The first kappa shape index (κ1) is 16.7. The Morgan fingerprint density at radius 1 is 1.25 bits per heavy atom. The summed E-state index contributed by atoms with van der Waals surface area (Å²) in [5, 5.41) is 13.2. The van der Waals surface area contributed by atoms with Gasteiger partial charge in [0.2, 0.25) is 0 Å². The van der Waals surface area contributed by atoms with Gasteiger partial charge in [-0.05, 0) is 6.08 Å². The molecule has 20 heavy (non-hydrogen) atoms. The van der Waals surface area contributed by atoms with Gasteiger partial charge in [-0.25, -0.2) is 0 Å². The van der Waals surface area contributed by atoms with Crippen LogP contribution < -0.4 is 16.8 Å². The number of nitro groups is 1. The first-order valence-corrected chi connectivity index (χ1v) is 6.42. The van der Waals surface area contributed by atoms with Crippen molar-refractivity contribution in [1.29, 1.82) is 0 Å². The summed E-state index contributed by atoms with van der Waals surface area (Å²) in [5.41, 5.74) is 10.8. The maximum atomic E-state index is 10.7. The molecule has 6 nitrogen and oxygen atoms in total. The smallest absolute Gasteiger partial charge is 0.272 e. The van der Waals surface area contributed by atoms with Gasteiger partial charge in [0.15, 0.2) is 0 Å². The molecular weight excluding hydrogens is 350 g/mol. The summed E-state index contributed by atoms with van der Waals surface area (Å²) in [6, 6.07) is 2.26. The maximum Gasteiger partial charge on any atom is 0.272 e. The second-order valence-electron chi connectivity index (χ2n) is 3.46. The number of anilines is 1. The van der Waals surface area contributed by atoms with E-state index < -0.39 is 4.92 Å². The fourth-order valence-electron chi connectivity index (χ4n) is 1.22. The second-order valence-corrected chi connectivity index (χ2v) is 5.12. The van der Waals surface area contributed by atoms with Crippen molar-refractivity contribution >= 4 is 57.8 Å². The Labute approximate surface area is 134 Å². The zero-order valence-electron chi connectivity index (χ0n) is 9.66. The molecule has 1 aromatic rings. The number of nitro benzene ring substituents is 1. The Hall–Kier alpha value is -1.34. The molecule has 0 aromatic heterocycles. The quantitative estimate of drug-likeness (QED) is 0.329. The van der Waals surface area contributed by atoms with Crippen molar-refractivity contribution in [3.63, 3.8) is 0 Å². The highest BCUT2D eigenvalue weighted by Crippen LogP contribution is 2.35. The molecule has 0 unspecified atom stereocenters. The van der Waals surface area contributed by atoms with Crippen LogP contribution in [0.5, 0.6) is 0 Å². The molecule has 0 heterocycles. The summed E-state index contributed by atoms with van der Waals surface area (Å²) in [7, 11) is 0. The van der Waals surface area contributed by atoms with Crippen LogP contribution in [0.2, 0.25) is 10.0 Å². The van der Waals surface area contributed by atoms with E-state index in [4.69, 9.17) is 57.9 Å². The van der Waals surface area contributed by atoms with E-state index in [9.17, 15) is 10.1 Å². The number of rotatable bonds is 4. The normalized spacial score (nSPS) is 12.9. The summed E-state index contributed by atoms with van der Waals surface area (Å²) in [4.78, 5) is 10.0. The van der Waals surface area contributed by atoms with Crippen LogP contribution in [0.25, 0.3) is 0 Å². The summed E-state index contributed by atoms with van der Waals surface area (Å²) in [6.07, 6.45) is 1.25. The summed E-state index contributed by atoms with van der Waals surface area (Å²) in [5.74, 6) is 0. The molecule has 0 bridgehead atoms. The minimum absolute atomic E-state index is 0.0150. The Morgan fingerprint density at radius 2 is 1.75 bits per heavy atom. The van der Waals surface area contributed by atoms with Crippen LogP contribution in [0.4, 0.5) is 11.4 Å². The van der Waals surface area contributed by atoms with Crippen LogP contribution in [0.15, 0.2) is 34.2 Å². The van der Waals surface area contributed by atoms with E-state index in [0.29, 0.717) is 0 Å². The number of halogens is 4. The standard InChI is InChI=1S/C10H8Cl4N4O2/c11-5-1-4(18(19)20)2-6(12)9(5)17-7(10(14)16)3-8(13)15/h1-3,17H,15-16H2/b8-3-,10-7+. The molecule has 0 aliphatic heterocycles. The SMILES string of the molecule is N/C(Cl)=C(\C=C(/N)Cl)Nc1c(Cl)cc([N+](=O)[O-])cc1Cl. The van der Waals surface area contributed by atoms with E-state index in [0.717, 1.165) is 12.1 Å². The van der Waals surface area contributed by atoms with Gasteiger partial charge in [0, 0.05) is 12.1 Å². The van der Waals surface area contributed by atoms with Crippen LogP contribution in [-0.2, 0) is 0 Å². The fourth-order valence-corrected chi connectivity index (χ4v) is 2.00. The Morgan fingerprint density at radius 3 is 2.10 bits per heavy atom. The van der Waals surface area contributed by atoms with E-state index in [1.807, 2.05) is 0 Å². The summed E-state index contributed by atoms with van der Waals surface area (Å²) >= 11 is 23.0. The number of benzene rings is 1. The summed E-state index contributed by atoms with van der Waals surface area (Å²) in [6.45, 7) is 0. The molecule has 1 rings (SSSR count). The molecule has 5 N–H and O–H groups in total. The van der Waals surface area contributed by atoms with Crippen molar-refractivity contribution in [1.82, 2.24) is 0 Å². The minimum atomic E-state index is -0.620. The molecule has 0 amide bonds. The molecule has 1 aromatic carbocycles. The van der Waals surface area contributed by atoms with Crippen LogP contribution in [0.3, 0.4) is 0 Å². The summed E-state index contributed by atoms with van der Waals surface area (Å²) < 4.78 is 0. The van der Waals surface area contributed by atoms with Crippen LogP contribution in [-0.4, -0.2) is 4.92 Å². The van der Waals surface area contributed by atoms with Gasteiger partial charge in [0.25, 0.3) is 5.69 Å². The van der Waals surface area contributed by atoms with Crippen molar-refractivity contribution in [2.75, 3.05) is 5.32 Å². The van der Waals surface area contributed by atoms with Gasteiger partial charge in [-0.1, -0.05) is 46.4 Å². The van der Waals surface area contributed by atoms with Gasteiger partial charge in [-0.3, -0.25) is 10.1 Å². The van der Waals surface area contributed by atoms with Gasteiger partial charge in [-0.2, -0.15) is 0 Å². The third-order valence-electron chi connectivity index (χ3n) is 2.04. The van der Waals surface area contributed by atoms with Crippen LogP contribution >= 0.6 is 46.4 Å². The predicted octanol–water partition coefficient (Wildman–Crippen LogP) is 3.72. The number of nitrogens with one attached hydrogen (secondary N) is 1. The monoisotopic (exact) mass is 356 g/mol. The largest absolute Gasteiger partial charge is 0.389 e. The fraction of sp³-hybridized carbons (Fsp3) is 0. The van der Waals surface area contributed by atoms with Crippen molar-refractivity contribution < 1.29 is 4.92 Å². The predicted molar refractivity (Wildman–Crippen MR) is 81.9 cm³/mol. The van der Waals surface area contributed by atoms with Gasteiger partial charge in [0.1, 0.15) is 10.3 Å². The maximum absolute atomic E-state index is 10.7. The average Bonchev–Trinajstić information content (AvgIpc) is 2.30. The molecule has 0 aliphatic rings. The van der Waals surface area contributed by atoms with Gasteiger partial charge in [0.05, 0.1) is 26.4 Å². The lowest BCUT2D eigenvalue weighted by Crippen LogP contribution is -2.07. The molecule has 108 valence electrons. The first-order valence-electron chi connectivity index (χ1n) is 4.90. The molecule has 0 spiro atoms. The van der Waals surface area contributed by atoms with Crippen LogP contribution in [0, 0.1) is 10.1 Å². The molecule has 10 heteroatoms. The number of nitrogens with zero attached hydrogens (tertiary/aromatic N) is 1. The van der Waals surface area contributed by atoms with Gasteiger partial charge < -0.3 is 16.8 Å². The lowest BCUT2D eigenvalue weighted by molar-refractivity contribution is -0.384. The second kappa shape index (κ2) is 6.90. The zero-order valence-corrected chi connectivity index (χ0v) is 12.7. The van der Waals surface area contributed by atoms with E-state index in [1.54, 1.807) is 0 Å². The minimum Gasteiger partial charge on any atom is -0.389 e. The van der Waals surface area contributed by atoms with Crippen molar-refractivity contribution in [3.05, 3.63) is 54.4 Å². The molecule has 0 saturated heterocycles. The molecule has 0 saturated carbocycles. The van der Waals surface area contributed by atoms with Gasteiger partial charge >= 0.3 is 0 Å². The number of hydrogen-bond donors (Lipinski definition) is 3. The third-order valence-corrected chi connectivity index (χ3v) is 2.95. The van der Waals surface area contributed by atoms with E-state index in [1.165, 1.54) is 6.08 Å². The number of allylic oxidation sites excluding steroid dienone is 1. The molecular formula is C10H8Cl4N4O2. The molecule has 0 aliphatic carbocycles. The topological polar surface area (TPSA) is 107 Å². The Bertz CT molecular complexity index is 584. The van der Waals surface area contributed by atoms with Crippen molar-refractivity contribution in [2.45, 2.75) is 0 Å². The zero-order chi connectivity index (χ0) is 15.4. The third kappa shape index (κ3) is 4.35. The van der Waals surface area contributed by atoms with Gasteiger partial charge in [-0.15, -0.1) is 0 Å². The number of nitrogens with two attached hydrogens (primary N) is 2. The number of non-ortho nitro benzene ring substituents is 1. The average molecular weight is 358 g/mol. The lowest BCUT2D eigenvalue weighted by Gasteiger charge is -2.12. The van der Waals surface area contributed by atoms with E-state index in [2.05, 4.69) is 5.32 Å². The van der Waals surface area contributed by atoms with E-state index >= 15 is 0 Å². The van der Waals surface area contributed by atoms with Crippen molar-refractivity contribution in [2.24, 2.45) is 11.5 Å². The van der Waals surface area contributed by atoms with E-state index in [-0.39, 0.29) is 37.4 Å². The Kier molecular flexibility index (Phi) is 5.76. The Balaban J connectivity index is 3.25. The highest BCUT2D eigenvalue weighted by atomic mass is 35.5. The molecule has 0 atom stereocenters. The highest BCUT2D eigenvalue weighted by Gasteiger charge is 2.15. The first-order chi connectivity index (χ1) is 9.22. The van der Waals surface area contributed by atoms with Crippen LogP contribution in [0.1, 0.15) is 0 Å². The lowest BCUT2D eigenvalue weighted by atomic mass is 10.2. The highest BCUT2D eigenvalue weighted by molar-refractivity contribution is 6.39. The molecule has 0 radical (unpaired) electrons.